The van der Waals surface area contributed by atoms with Gasteiger partial charge in [-0.25, -0.2) is 0 Å². The molecule has 0 amide bonds. The van der Waals surface area contributed by atoms with Crippen LogP contribution in [0.2, 0.25) is 0 Å². The molecule has 2 unspecified atom stereocenters. The van der Waals surface area contributed by atoms with Gasteiger partial charge in [-0.15, -0.1) is 6.42 Å². The zero-order chi connectivity index (χ0) is 9.52. The summed E-state index contributed by atoms with van der Waals surface area (Å²) in [4.78, 5) is 0. The Balaban J connectivity index is 2.13. The minimum absolute atomic E-state index is 0.271. The first kappa shape index (κ1) is 11.3. The standard InChI is InChI=1S/C10H17NS2/c1-3-9(4-2)11-7-10-8-12-5-6-13-10/h1,9-11H,4-8H2,2H3. The molecular formula is C10H17NS2. The van der Waals surface area contributed by atoms with E-state index in [1.807, 2.05) is 0 Å². The highest BCUT2D eigenvalue weighted by atomic mass is 32.2. The summed E-state index contributed by atoms with van der Waals surface area (Å²) in [5.41, 5.74) is 0. The Bertz CT molecular complexity index is 170. The monoisotopic (exact) mass is 215 g/mol. The second-order valence-electron chi connectivity index (χ2n) is 3.10. The van der Waals surface area contributed by atoms with Gasteiger partial charge in [0.25, 0.3) is 0 Å². The molecule has 13 heavy (non-hydrogen) atoms. The lowest BCUT2D eigenvalue weighted by molar-refractivity contribution is 0.594. The van der Waals surface area contributed by atoms with E-state index >= 15 is 0 Å². The van der Waals surface area contributed by atoms with Gasteiger partial charge < -0.3 is 5.32 Å². The molecule has 1 fully saturated rings. The highest BCUT2D eigenvalue weighted by molar-refractivity contribution is 8.06. The van der Waals surface area contributed by atoms with Crippen LogP contribution in [0.5, 0.6) is 0 Å². The Kier molecular flexibility index (Phi) is 5.77. The molecule has 1 rings (SSSR count). The first-order valence-corrected chi connectivity index (χ1v) is 6.96. The van der Waals surface area contributed by atoms with Crippen LogP contribution in [0.3, 0.4) is 0 Å². The van der Waals surface area contributed by atoms with E-state index < -0.39 is 0 Å². The van der Waals surface area contributed by atoms with Gasteiger partial charge in [0.1, 0.15) is 0 Å². The Morgan fingerprint density at radius 2 is 2.46 bits per heavy atom. The average Bonchev–Trinajstić information content (AvgIpc) is 2.21. The largest absolute Gasteiger partial charge is 0.303 e. The lowest BCUT2D eigenvalue weighted by Crippen LogP contribution is -2.35. The van der Waals surface area contributed by atoms with E-state index in [2.05, 4.69) is 41.7 Å². The first-order chi connectivity index (χ1) is 6.36. The van der Waals surface area contributed by atoms with Crippen molar-refractivity contribution in [2.45, 2.75) is 24.6 Å². The lowest BCUT2D eigenvalue weighted by Gasteiger charge is -2.22. The number of hydrogen-bond donors (Lipinski definition) is 1. The number of thioether (sulfide) groups is 2. The van der Waals surface area contributed by atoms with Gasteiger partial charge in [-0.05, 0) is 6.42 Å². The third-order valence-electron chi connectivity index (χ3n) is 2.09. The Morgan fingerprint density at radius 1 is 1.62 bits per heavy atom. The van der Waals surface area contributed by atoms with E-state index in [0.29, 0.717) is 0 Å². The van der Waals surface area contributed by atoms with Gasteiger partial charge in [-0.2, -0.15) is 23.5 Å². The topological polar surface area (TPSA) is 12.0 Å². The molecule has 0 spiro atoms. The molecule has 0 saturated carbocycles. The van der Waals surface area contributed by atoms with Crippen LogP contribution in [0.15, 0.2) is 0 Å². The van der Waals surface area contributed by atoms with Gasteiger partial charge in [0.15, 0.2) is 0 Å². The van der Waals surface area contributed by atoms with Crippen LogP contribution in [-0.4, -0.2) is 35.1 Å². The van der Waals surface area contributed by atoms with Crippen LogP contribution < -0.4 is 5.32 Å². The molecule has 74 valence electrons. The van der Waals surface area contributed by atoms with Crippen molar-refractivity contribution in [3.05, 3.63) is 0 Å². The van der Waals surface area contributed by atoms with Crippen molar-refractivity contribution in [3.8, 4) is 12.3 Å². The molecule has 1 aliphatic rings. The molecule has 0 aromatic rings. The van der Waals surface area contributed by atoms with Gasteiger partial charge in [-0.1, -0.05) is 12.8 Å². The second-order valence-corrected chi connectivity index (χ2v) is 5.66. The van der Waals surface area contributed by atoms with Crippen molar-refractivity contribution >= 4 is 23.5 Å². The summed E-state index contributed by atoms with van der Waals surface area (Å²) in [5, 5.41) is 4.18. The second kappa shape index (κ2) is 6.64. The van der Waals surface area contributed by atoms with Crippen LogP contribution in [0.4, 0.5) is 0 Å². The predicted octanol–water partition coefficient (Wildman–Crippen LogP) is 1.84. The minimum atomic E-state index is 0.271. The molecule has 3 heteroatoms. The quantitative estimate of drug-likeness (QED) is 0.719. The van der Waals surface area contributed by atoms with E-state index in [0.717, 1.165) is 18.2 Å². The molecule has 1 aliphatic heterocycles. The van der Waals surface area contributed by atoms with Crippen molar-refractivity contribution in [2.24, 2.45) is 0 Å². The highest BCUT2D eigenvalue weighted by Crippen LogP contribution is 2.23. The Labute approximate surface area is 89.8 Å². The molecule has 0 bridgehead atoms. The van der Waals surface area contributed by atoms with Gasteiger partial charge in [0.05, 0.1) is 6.04 Å². The SMILES string of the molecule is C#CC(CC)NCC1CSCCS1. The van der Waals surface area contributed by atoms with E-state index in [1.165, 1.54) is 17.3 Å². The molecule has 1 nitrogen and oxygen atoms in total. The highest BCUT2D eigenvalue weighted by Gasteiger charge is 2.14. The normalized spacial score (nSPS) is 25.1. The van der Waals surface area contributed by atoms with Crippen molar-refractivity contribution in [3.63, 3.8) is 0 Å². The molecular weight excluding hydrogens is 198 g/mol. The number of terminal acetylenes is 1. The predicted molar refractivity (Wildman–Crippen MR) is 64.5 cm³/mol. The van der Waals surface area contributed by atoms with Crippen LogP contribution >= 0.6 is 23.5 Å². The van der Waals surface area contributed by atoms with E-state index in [1.54, 1.807) is 0 Å². The maximum Gasteiger partial charge on any atom is 0.0684 e. The van der Waals surface area contributed by atoms with Crippen molar-refractivity contribution in [1.82, 2.24) is 5.32 Å². The maximum absolute atomic E-state index is 5.37. The van der Waals surface area contributed by atoms with Gasteiger partial charge >= 0.3 is 0 Å². The molecule has 0 aromatic carbocycles. The van der Waals surface area contributed by atoms with Gasteiger partial charge in [0, 0.05) is 29.1 Å². The Hall–Kier alpha value is 0.220. The van der Waals surface area contributed by atoms with Crippen molar-refractivity contribution < 1.29 is 0 Å². The smallest absolute Gasteiger partial charge is 0.0684 e. The van der Waals surface area contributed by atoms with Crippen molar-refractivity contribution in [2.75, 3.05) is 23.8 Å². The average molecular weight is 215 g/mol. The molecule has 2 atom stereocenters. The number of nitrogens with one attached hydrogen (secondary N) is 1. The third kappa shape index (κ3) is 4.30. The van der Waals surface area contributed by atoms with Crippen LogP contribution in [0, 0.1) is 12.3 Å². The van der Waals surface area contributed by atoms with Gasteiger partial charge in [0.2, 0.25) is 0 Å². The zero-order valence-electron chi connectivity index (χ0n) is 8.08. The third-order valence-corrected chi connectivity index (χ3v) is 4.93. The number of hydrogen-bond acceptors (Lipinski definition) is 3. The fourth-order valence-electron chi connectivity index (χ4n) is 1.25. The molecule has 1 heterocycles. The summed E-state index contributed by atoms with van der Waals surface area (Å²) >= 11 is 4.13. The van der Waals surface area contributed by atoms with E-state index in [9.17, 15) is 0 Å². The van der Waals surface area contributed by atoms with E-state index in [-0.39, 0.29) is 6.04 Å². The van der Waals surface area contributed by atoms with E-state index in [4.69, 9.17) is 6.42 Å². The molecule has 0 radical (unpaired) electrons. The molecule has 1 saturated heterocycles. The molecule has 0 aromatic heterocycles. The summed E-state index contributed by atoms with van der Waals surface area (Å²) in [5.74, 6) is 6.65. The van der Waals surface area contributed by atoms with Crippen LogP contribution in [0.25, 0.3) is 0 Å². The maximum atomic E-state index is 5.37. The minimum Gasteiger partial charge on any atom is -0.303 e. The molecule has 0 aliphatic carbocycles. The number of rotatable bonds is 4. The van der Waals surface area contributed by atoms with Crippen molar-refractivity contribution in [1.29, 1.82) is 0 Å². The van der Waals surface area contributed by atoms with Gasteiger partial charge in [-0.3, -0.25) is 0 Å². The fourth-order valence-corrected chi connectivity index (χ4v) is 3.87. The summed E-state index contributed by atoms with van der Waals surface area (Å²) in [7, 11) is 0. The summed E-state index contributed by atoms with van der Waals surface area (Å²) < 4.78 is 0. The summed E-state index contributed by atoms with van der Waals surface area (Å²) in [6.07, 6.45) is 6.40. The van der Waals surface area contributed by atoms with Crippen LogP contribution in [0.1, 0.15) is 13.3 Å². The summed E-state index contributed by atoms with van der Waals surface area (Å²) in [6.45, 7) is 3.20. The Morgan fingerprint density at radius 3 is 3.00 bits per heavy atom. The molecule has 1 N–H and O–H groups in total. The summed E-state index contributed by atoms with van der Waals surface area (Å²) in [6, 6.07) is 0.271. The first-order valence-electron chi connectivity index (χ1n) is 4.75. The zero-order valence-corrected chi connectivity index (χ0v) is 9.72. The van der Waals surface area contributed by atoms with Crippen LogP contribution in [-0.2, 0) is 0 Å². The fraction of sp³-hybridized carbons (Fsp3) is 0.800. The lowest BCUT2D eigenvalue weighted by atomic mass is 10.2.